The van der Waals surface area contributed by atoms with Crippen LogP contribution in [0.1, 0.15) is 72.6 Å². The summed E-state index contributed by atoms with van der Waals surface area (Å²) in [5.74, 6) is 0.350. The van der Waals surface area contributed by atoms with Gasteiger partial charge >= 0.3 is 0 Å². The fourth-order valence-corrected chi connectivity index (χ4v) is 10.5. The highest BCUT2D eigenvalue weighted by atomic mass is 15.2. The second-order valence-corrected chi connectivity index (χ2v) is 18.3. The Morgan fingerprint density at radius 3 is 1.48 bits per heavy atom. The van der Waals surface area contributed by atoms with Gasteiger partial charge in [-0.2, -0.15) is 0 Å². The minimum Gasteiger partial charge on any atom is -0.310 e. The summed E-state index contributed by atoms with van der Waals surface area (Å²) in [7, 11) is 0. The zero-order valence-corrected chi connectivity index (χ0v) is 37.2. The lowest BCUT2D eigenvalue weighted by atomic mass is 9.73. The highest BCUT2D eigenvalue weighted by Gasteiger charge is 2.36. The Morgan fingerprint density at radius 2 is 0.919 bits per heavy atom. The Hall–Kier alpha value is -6.90. The molecule has 0 bridgehead atoms. The number of rotatable bonds is 7. The molecule has 0 unspecified atom stereocenters. The average Bonchev–Trinajstić information content (AvgIpc) is 3.25. The van der Waals surface area contributed by atoms with E-state index in [9.17, 15) is 0 Å². The number of benzene rings is 9. The third kappa shape index (κ3) is 6.57. The minimum absolute atomic E-state index is 0.141. The molecule has 0 radical (unpaired) electrons. The first-order chi connectivity index (χ1) is 30.0. The molecule has 0 fully saturated rings. The molecule has 9 aromatic carbocycles. The molecule has 1 aliphatic rings. The number of hydrogen-bond donors (Lipinski definition) is 0. The van der Waals surface area contributed by atoms with Crippen LogP contribution in [0, 0.1) is 27.7 Å². The Balaban J connectivity index is 1.33. The number of aryl methyl sites for hydroxylation is 4. The van der Waals surface area contributed by atoms with Gasteiger partial charge in [0.2, 0.25) is 0 Å². The van der Waals surface area contributed by atoms with E-state index in [0.717, 1.165) is 17.1 Å². The van der Waals surface area contributed by atoms with Gasteiger partial charge in [0.25, 0.3) is 0 Å². The van der Waals surface area contributed by atoms with Crippen LogP contribution in [0.5, 0.6) is 0 Å². The smallest absolute Gasteiger partial charge is 0.0502 e. The molecule has 9 aromatic rings. The van der Waals surface area contributed by atoms with Crippen LogP contribution in [0.2, 0.25) is 0 Å². The first-order valence-electron chi connectivity index (χ1n) is 22.1. The molecule has 304 valence electrons. The van der Waals surface area contributed by atoms with Crippen molar-refractivity contribution in [1.82, 2.24) is 0 Å². The molecule has 0 atom stereocenters. The van der Waals surface area contributed by atoms with Gasteiger partial charge in [-0.05, 0) is 149 Å². The third-order valence-electron chi connectivity index (χ3n) is 13.1. The zero-order chi connectivity index (χ0) is 42.9. The van der Waals surface area contributed by atoms with Crippen molar-refractivity contribution in [1.29, 1.82) is 0 Å². The fourth-order valence-electron chi connectivity index (χ4n) is 10.5. The second kappa shape index (κ2) is 15.2. The maximum Gasteiger partial charge on any atom is 0.0502 e. The van der Waals surface area contributed by atoms with Crippen LogP contribution < -0.4 is 9.80 Å². The molecule has 0 saturated heterocycles. The van der Waals surface area contributed by atoms with Crippen molar-refractivity contribution in [3.8, 4) is 22.3 Å². The molecular formula is C60H54N2. The normalized spacial score (nSPS) is 13.1. The standard InChI is InChI=1S/C60H54N2/c1-38(2)48-20-12-15-23-55(48)61(45-18-10-9-11-19-45)46-26-28-49-51(36-46)58(43-32-39(3)30-40(4)33-43)50-29-27-47(37-52(50)59(49)44-34-41(5)31-42(6)35-44)62-56-24-16-13-21-53(56)60(7,8)54-22-14-17-25-57(54)62/h9-38H,1-8H3. The van der Waals surface area contributed by atoms with Gasteiger partial charge in [0, 0.05) is 28.2 Å². The van der Waals surface area contributed by atoms with Gasteiger partial charge in [-0.3, -0.25) is 0 Å². The van der Waals surface area contributed by atoms with E-state index < -0.39 is 0 Å². The van der Waals surface area contributed by atoms with Gasteiger partial charge in [-0.15, -0.1) is 0 Å². The van der Waals surface area contributed by atoms with Crippen molar-refractivity contribution in [3.63, 3.8) is 0 Å². The SMILES string of the molecule is Cc1cc(C)cc(-c2c3ccc(N4c5ccccc5C(C)(C)c5ccccc54)cc3c(-c3cc(C)cc(C)c3)c3ccc(N(c4ccccc4)c4ccccc4C(C)C)cc23)c1. The molecule has 0 aromatic heterocycles. The zero-order valence-electron chi connectivity index (χ0n) is 37.2. The molecule has 0 amide bonds. The van der Waals surface area contributed by atoms with E-state index in [1.165, 1.54) is 99.8 Å². The predicted molar refractivity (Wildman–Crippen MR) is 267 cm³/mol. The van der Waals surface area contributed by atoms with Crippen LogP contribution in [0.25, 0.3) is 43.8 Å². The lowest BCUT2D eigenvalue weighted by Gasteiger charge is -2.42. The van der Waals surface area contributed by atoms with Crippen LogP contribution in [-0.4, -0.2) is 0 Å². The summed E-state index contributed by atoms with van der Waals surface area (Å²) in [5, 5.41) is 4.96. The number of anilines is 6. The first-order valence-corrected chi connectivity index (χ1v) is 22.1. The number of fused-ring (bicyclic) bond motifs is 4. The second-order valence-electron chi connectivity index (χ2n) is 18.3. The Labute approximate surface area is 367 Å². The van der Waals surface area contributed by atoms with E-state index in [0.29, 0.717) is 5.92 Å². The molecular weight excluding hydrogens is 749 g/mol. The van der Waals surface area contributed by atoms with Gasteiger partial charge in [0.15, 0.2) is 0 Å². The van der Waals surface area contributed by atoms with Crippen LogP contribution in [-0.2, 0) is 5.41 Å². The Kier molecular flexibility index (Phi) is 9.64. The van der Waals surface area contributed by atoms with Gasteiger partial charge in [0.05, 0.1) is 11.4 Å². The summed E-state index contributed by atoms with van der Waals surface area (Å²) in [4.78, 5) is 4.95. The van der Waals surface area contributed by atoms with E-state index in [4.69, 9.17) is 0 Å². The maximum absolute atomic E-state index is 2.49. The van der Waals surface area contributed by atoms with Crippen molar-refractivity contribution in [3.05, 3.63) is 215 Å². The predicted octanol–water partition coefficient (Wildman–Crippen LogP) is 17.3. The summed E-state index contributed by atoms with van der Waals surface area (Å²) in [5.41, 5.74) is 20.9. The average molecular weight is 803 g/mol. The summed E-state index contributed by atoms with van der Waals surface area (Å²) in [6.07, 6.45) is 0. The summed E-state index contributed by atoms with van der Waals surface area (Å²) >= 11 is 0. The highest BCUT2D eigenvalue weighted by molar-refractivity contribution is 6.23. The van der Waals surface area contributed by atoms with E-state index in [2.05, 4.69) is 241 Å². The molecule has 0 spiro atoms. The molecule has 62 heavy (non-hydrogen) atoms. The molecule has 0 aliphatic carbocycles. The van der Waals surface area contributed by atoms with Crippen LogP contribution in [0.15, 0.2) is 176 Å². The van der Waals surface area contributed by atoms with Gasteiger partial charge in [-0.1, -0.05) is 171 Å². The largest absolute Gasteiger partial charge is 0.310 e. The van der Waals surface area contributed by atoms with Gasteiger partial charge in [0.1, 0.15) is 0 Å². The summed E-state index contributed by atoms with van der Waals surface area (Å²) in [6, 6.07) is 66.2. The van der Waals surface area contributed by atoms with Gasteiger partial charge < -0.3 is 9.80 Å². The van der Waals surface area contributed by atoms with Crippen molar-refractivity contribution in [2.24, 2.45) is 0 Å². The number of nitrogens with zero attached hydrogens (tertiary/aromatic N) is 2. The molecule has 2 heteroatoms. The topological polar surface area (TPSA) is 6.48 Å². The Bertz CT molecular complexity index is 2970. The van der Waals surface area contributed by atoms with Crippen LogP contribution >= 0.6 is 0 Å². The summed E-state index contributed by atoms with van der Waals surface area (Å²) < 4.78 is 0. The molecule has 0 saturated carbocycles. The lowest BCUT2D eigenvalue weighted by molar-refractivity contribution is 0.632. The molecule has 1 aliphatic heterocycles. The first kappa shape index (κ1) is 39.2. The van der Waals surface area contributed by atoms with Crippen molar-refractivity contribution < 1.29 is 0 Å². The highest BCUT2D eigenvalue weighted by Crippen LogP contribution is 2.54. The van der Waals surface area contributed by atoms with Crippen molar-refractivity contribution >= 4 is 55.7 Å². The number of para-hydroxylation sites is 4. The van der Waals surface area contributed by atoms with E-state index in [1.54, 1.807) is 0 Å². The van der Waals surface area contributed by atoms with Crippen molar-refractivity contribution in [2.75, 3.05) is 9.80 Å². The summed E-state index contributed by atoms with van der Waals surface area (Å²) in [6.45, 7) is 18.2. The van der Waals surface area contributed by atoms with Crippen molar-refractivity contribution in [2.45, 2.75) is 66.7 Å². The molecule has 2 nitrogen and oxygen atoms in total. The monoisotopic (exact) mass is 802 g/mol. The number of hydrogen-bond acceptors (Lipinski definition) is 2. The Morgan fingerprint density at radius 1 is 0.435 bits per heavy atom. The van der Waals surface area contributed by atoms with E-state index >= 15 is 0 Å². The quantitative estimate of drug-likeness (QED) is 0.148. The third-order valence-corrected chi connectivity index (χ3v) is 13.1. The van der Waals surface area contributed by atoms with Gasteiger partial charge in [-0.25, -0.2) is 0 Å². The van der Waals surface area contributed by atoms with Crippen LogP contribution in [0.4, 0.5) is 34.1 Å². The van der Waals surface area contributed by atoms with E-state index in [-0.39, 0.29) is 5.41 Å². The fraction of sp³-hybridized carbons (Fsp3) is 0.167. The lowest BCUT2D eigenvalue weighted by Crippen LogP contribution is -2.30. The molecule has 1 heterocycles. The maximum atomic E-state index is 2.49. The molecule has 0 N–H and O–H groups in total. The van der Waals surface area contributed by atoms with E-state index in [1.807, 2.05) is 0 Å². The van der Waals surface area contributed by atoms with Crippen LogP contribution in [0.3, 0.4) is 0 Å². The minimum atomic E-state index is -0.141. The molecule has 10 rings (SSSR count).